The van der Waals surface area contributed by atoms with Crippen molar-refractivity contribution in [1.29, 1.82) is 0 Å². The van der Waals surface area contributed by atoms with Gasteiger partial charge >= 0.3 is 6.03 Å². The third kappa shape index (κ3) is 4.92. The summed E-state index contributed by atoms with van der Waals surface area (Å²) in [5.74, 6) is -0.341. The fourth-order valence-corrected chi connectivity index (χ4v) is 2.15. The summed E-state index contributed by atoms with van der Waals surface area (Å²) in [6, 6.07) is 6.04. The Kier molecular flexibility index (Phi) is 6.51. The summed E-state index contributed by atoms with van der Waals surface area (Å²) in [4.78, 5) is 13.9. The largest absolute Gasteiger partial charge is 0.383 e. The maximum absolute atomic E-state index is 13.8. The van der Waals surface area contributed by atoms with E-state index >= 15 is 0 Å². The predicted molar refractivity (Wildman–Crippen MR) is 90.1 cm³/mol. The highest BCUT2D eigenvalue weighted by Gasteiger charge is 2.15. The Balaban J connectivity index is 2.02. The highest BCUT2D eigenvalue weighted by molar-refractivity contribution is 5.89. The highest BCUT2D eigenvalue weighted by atomic mass is 19.1. The van der Waals surface area contributed by atoms with Crippen molar-refractivity contribution in [2.45, 2.75) is 13.1 Å². The molecule has 0 saturated heterocycles. The Bertz CT molecular complexity index is 687. The van der Waals surface area contributed by atoms with E-state index in [0.717, 1.165) is 0 Å². The first-order valence-electron chi connectivity index (χ1n) is 7.55. The van der Waals surface area contributed by atoms with Crippen LogP contribution in [0.15, 0.2) is 49.3 Å². The number of nitrogens with one attached hydrogen (secondary N) is 1. The summed E-state index contributed by atoms with van der Waals surface area (Å²) in [6.07, 6.45) is 4.87. The molecule has 0 atom stereocenters. The van der Waals surface area contributed by atoms with Crippen molar-refractivity contribution >= 4 is 11.7 Å². The molecule has 2 amide bonds. The molecule has 1 N–H and O–H groups in total. The smallest absolute Gasteiger partial charge is 0.322 e. The van der Waals surface area contributed by atoms with E-state index in [9.17, 15) is 9.18 Å². The van der Waals surface area contributed by atoms with Gasteiger partial charge in [-0.2, -0.15) is 5.10 Å². The van der Waals surface area contributed by atoms with Gasteiger partial charge in [-0.05, 0) is 6.07 Å². The first-order chi connectivity index (χ1) is 11.6. The number of benzene rings is 1. The molecule has 7 heteroatoms. The molecule has 1 heterocycles. The van der Waals surface area contributed by atoms with Crippen LogP contribution in [0.1, 0.15) is 5.56 Å². The van der Waals surface area contributed by atoms with Gasteiger partial charge in [0.2, 0.25) is 0 Å². The van der Waals surface area contributed by atoms with Crippen LogP contribution < -0.4 is 5.32 Å². The summed E-state index contributed by atoms with van der Waals surface area (Å²) in [6.45, 7) is 5.23. The minimum Gasteiger partial charge on any atom is -0.383 e. The minimum absolute atomic E-state index is 0.155. The molecule has 0 saturated carbocycles. The Morgan fingerprint density at radius 1 is 1.50 bits per heavy atom. The number of amides is 2. The average molecular weight is 332 g/mol. The standard InChI is InChI=1S/C17H21FN4O2/c1-3-8-21(12-14-6-4-5-7-16(14)18)17(23)20-15-11-19-22(13-15)9-10-24-2/h3-7,11,13H,1,8-10,12H2,2H3,(H,20,23). The SMILES string of the molecule is C=CCN(Cc1ccccc1F)C(=O)Nc1cnn(CCOC)c1. The Hall–Kier alpha value is -2.67. The van der Waals surface area contributed by atoms with Crippen LogP contribution in [-0.2, 0) is 17.8 Å². The average Bonchev–Trinajstić information content (AvgIpc) is 3.01. The molecule has 24 heavy (non-hydrogen) atoms. The van der Waals surface area contributed by atoms with Crippen LogP contribution in [0.25, 0.3) is 0 Å². The molecule has 0 radical (unpaired) electrons. The van der Waals surface area contributed by atoms with E-state index in [-0.39, 0.29) is 18.4 Å². The summed E-state index contributed by atoms with van der Waals surface area (Å²) < 4.78 is 20.4. The van der Waals surface area contributed by atoms with Crippen LogP contribution >= 0.6 is 0 Å². The molecule has 1 aromatic heterocycles. The highest BCUT2D eigenvalue weighted by Crippen LogP contribution is 2.12. The van der Waals surface area contributed by atoms with Crippen molar-refractivity contribution in [2.75, 3.05) is 25.6 Å². The van der Waals surface area contributed by atoms with E-state index < -0.39 is 0 Å². The lowest BCUT2D eigenvalue weighted by Crippen LogP contribution is -2.34. The Labute approximate surface area is 140 Å². The Morgan fingerprint density at radius 2 is 2.29 bits per heavy atom. The maximum Gasteiger partial charge on any atom is 0.322 e. The molecule has 2 aromatic rings. The monoisotopic (exact) mass is 332 g/mol. The van der Waals surface area contributed by atoms with E-state index in [2.05, 4.69) is 17.0 Å². The van der Waals surface area contributed by atoms with Gasteiger partial charge < -0.3 is 15.0 Å². The quantitative estimate of drug-likeness (QED) is 0.756. The molecule has 0 bridgehead atoms. The molecule has 2 rings (SSSR count). The normalized spacial score (nSPS) is 10.4. The van der Waals surface area contributed by atoms with Crippen molar-refractivity contribution in [3.63, 3.8) is 0 Å². The van der Waals surface area contributed by atoms with Crippen LogP contribution in [0, 0.1) is 5.82 Å². The van der Waals surface area contributed by atoms with Crippen LogP contribution in [0.5, 0.6) is 0 Å². The molecule has 0 aliphatic heterocycles. The molecule has 0 fully saturated rings. The number of ether oxygens (including phenoxy) is 1. The van der Waals surface area contributed by atoms with Gasteiger partial charge in [0.05, 0.1) is 31.6 Å². The zero-order chi connectivity index (χ0) is 17.4. The summed E-state index contributed by atoms with van der Waals surface area (Å²) in [7, 11) is 1.61. The lowest BCUT2D eigenvalue weighted by molar-refractivity contribution is 0.183. The van der Waals surface area contributed by atoms with Crippen LogP contribution in [0.4, 0.5) is 14.9 Å². The number of methoxy groups -OCH3 is 1. The third-order valence-corrected chi connectivity index (χ3v) is 3.36. The fourth-order valence-electron chi connectivity index (χ4n) is 2.15. The topological polar surface area (TPSA) is 59.4 Å². The number of halogens is 1. The van der Waals surface area contributed by atoms with Gasteiger partial charge in [-0.1, -0.05) is 24.3 Å². The van der Waals surface area contributed by atoms with E-state index in [1.54, 1.807) is 48.5 Å². The number of carbonyl (C=O) groups is 1. The second-order valence-corrected chi connectivity index (χ2v) is 5.18. The first-order valence-corrected chi connectivity index (χ1v) is 7.55. The Morgan fingerprint density at radius 3 is 3.00 bits per heavy atom. The summed E-state index contributed by atoms with van der Waals surface area (Å²) in [5, 5.41) is 6.89. The maximum atomic E-state index is 13.8. The number of carbonyl (C=O) groups excluding carboxylic acids is 1. The van der Waals surface area contributed by atoms with E-state index in [4.69, 9.17) is 4.74 Å². The fraction of sp³-hybridized carbons (Fsp3) is 0.294. The van der Waals surface area contributed by atoms with Gasteiger partial charge in [0.1, 0.15) is 5.82 Å². The zero-order valence-corrected chi connectivity index (χ0v) is 13.6. The lowest BCUT2D eigenvalue weighted by atomic mass is 10.2. The molecule has 0 aliphatic carbocycles. The number of hydrogen-bond acceptors (Lipinski definition) is 3. The molecule has 128 valence electrons. The lowest BCUT2D eigenvalue weighted by Gasteiger charge is -2.21. The summed E-state index contributed by atoms with van der Waals surface area (Å²) >= 11 is 0. The van der Waals surface area contributed by atoms with Gasteiger partial charge in [0, 0.05) is 25.4 Å². The summed E-state index contributed by atoms with van der Waals surface area (Å²) in [5.41, 5.74) is 1.02. The number of hydrogen-bond donors (Lipinski definition) is 1. The van der Waals surface area contributed by atoms with E-state index in [1.165, 1.54) is 11.0 Å². The van der Waals surface area contributed by atoms with Gasteiger partial charge in [0.15, 0.2) is 0 Å². The number of anilines is 1. The zero-order valence-electron chi connectivity index (χ0n) is 13.6. The second kappa shape index (κ2) is 8.83. The molecular weight excluding hydrogens is 311 g/mol. The van der Waals surface area contributed by atoms with Crippen molar-refractivity contribution in [3.05, 3.63) is 60.7 Å². The number of urea groups is 1. The minimum atomic E-state index is -0.343. The second-order valence-electron chi connectivity index (χ2n) is 5.18. The van der Waals surface area contributed by atoms with E-state index in [0.29, 0.717) is 30.9 Å². The van der Waals surface area contributed by atoms with E-state index in [1.807, 2.05) is 0 Å². The van der Waals surface area contributed by atoms with Crippen molar-refractivity contribution in [2.24, 2.45) is 0 Å². The van der Waals surface area contributed by atoms with Crippen LogP contribution in [-0.4, -0.2) is 41.0 Å². The predicted octanol–water partition coefficient (Wildman–Crippen LogP) is 2.89. The third-order valence-electron chi connectivity index (χ3n) is 3.36. The molecule has 0 unspecified atom stereocenters. The van der Waals surface area contributed by atoms with Crippen LogP contribution in [0.3, 0.4) is 0 Å². The molecule has 1 aromatic carbocycles. The van der Waals surface area contributed by atoms with Gasteiger partial charge in [0.25, 0.3) is 0 Å². The molecule has 6 nitrogen and oxygen atoms in total. The van der Waals surface area contributed by atoms with Crippen molar-refractivity contribution in [3.8, 4) is 0 Å². The number of rotatable bonds is 8. The van der Waals surface area contributed by atoms with Crippen molar-refractivity contribution in [1.82, 2.24) is 14.7 Å². The van der Waals surface area contributed by atoms with Crippen LogP contribution in [0.2, 0.25) is 0 Å². The molecular formula is C17H21FN4O2. The van der Waals surface area contributed by atoms with Crippen molar-refractivity contribution < 1.29 is 13.9 Å². The molecule has 0 aliphatic rings. The van der Waals surface area contributed by atoms with Gasteiger partial charge in [-0.25, -0.2) is 9.18 Å². The number of nitrogens with zero attached hydrogens (tertiary/aromatic N) is 3. The first kappa shape index (κ1) is 17.7. The molecule has 0 spiro atoms. The van der Waals surface area contributed by atoms with Gasteiger partial charge in [-0.15, -0.1) is 6.58 Å². The number of aromatic nitrogens is 2. The van der Waals surface area contributed by atoms with Gasteiger partial charge in [-0.3, -0.25) is 4.68 Å².